The lowest BCUT2D eigenvalue weighted by molar-refractivity contribution is 0.291. The molecule has 0 radical (unpaired) electrons. The summed E-state index contributed by atoms with van der Waals surface area (Å²) in [6, 6.07) is 11.9. The van der Waals surface area contributed by atoms with E-state index in [1.165, 1.54) is 0 Å². The third kappa shape index (κ3) is 3.90. The Morgan fingerprint density at radius 2 is 2.16 bits per heavy atom. The maximum Gasteiger partial charge on any atom is 0.228 e. The molecule has 0 aliphatic carbocycles. The van der Waals surface area contributed by atoms with Gasteiger partial charge < -0.3 is 15.4 Å². The van der Waals surface area contributed by atoms with Crippen LogP contribution in [-0.4, -0.2) is 16.5 Å². The van der Waals surface area contributed by atoms with E-state index in [0.29, 0.717) is 48.4 Å². The lowest BCUT2D eigenvalue weighted by atomic mass is 10.1. The molecule has 6 nitrogen and oxygen atoms in total. The highest BCUT2D eigenvalue weighted by atomic mass is 35.5. The Labute approximate surface area is 150 Å². The maximum absolute atomic E-state index is 9.22. The zero-order chi connectivity index (χ0) is 17.6. The van der Waals surface area contributed by atoms with E-state index in [1.807, 2.05) is 30.3 Å². The van der Waals surface area contributed by atoms with Crippen molar-refractivity contribution in [1.29, 1.82) is 5.26 Å². The normalized spacial score (nSPS) is 12.6. The van der Waals surface area contributed by atoms with Crippen molar-refractivity contribution in [2.75, 3.05) is 17.2 Å². The molecule has 2 N–H and O–H groups in total. The quantitative estimate of drug-likeness (QED) is 0.610. The van der Waals surface area contributed by atoms with E-state index in [9.17, 15) is 5.26 Å². The molecule has 25 heavy (non-hydrogen) atoms. The molecule has 0 amide bonds. The van der Waals surface area contributed by atoms with E-state index in [0.717, 1.165) is 5.56 Å². The number of rotatable bonds is 6. The van der Waals surface area contributed by atoms with Crippen LogP contribution in [0.2, 0.25) is 0 Å². The topological polar surface area (TPSA) is 82.9 Å². The molecule has 0 atom stereocenters. The third-order valence-electron chi connectivity index (χ3n) is 3.57. The Morgan fingerprint density at radius 3 is 2.88 bits per heavy atom. The number of fused-ring (bicyclic) bond motifs is 1. The molecule has 0 fully saturated rings. The van der Waals surface area contributed by atoms with Crippen molar-refractivity contribution in [2.45, 2.75) is 13.0 Å². The molecule has 0 spiro atoms. The number of hydrogen-bond donors (Lipinski definition) is 2. The Kier molecular flexibility index (Phi) is 5.17. The van der Waals surface area contributed by atoms with Gasteiger partial charge in [-0.25, -0.2) is 0 Å². The number of nitriles is 1. The highest BCUT2D eigenvalue weighted by Crippen LogP contribution is 2.34. The van der Waals surface area contributed by atoms with Gasteiger partial charge in [0, 0.05) is 13.0 Å². The van der Waals surface area contributed by atoms with Crippen molar-refractivity contribution in [3.8, 4) is 11.9 Å². The van der Waals surface area contributed by atoms with Crippen LogP contribution in [0.4, 0.5) is 11.8 Å². The molecule has 7 heteroatoms. The van der Waals surface area contributed by atoms with Gasteiger partial charge in [0.05, 0.1) is 17.2 Å². The molecule has 0 bridgehead atoms. The second kappa shape index (κ2) is 7.69. The van der Waals surface area contributed by atoms with E-state index in [2.05, 4.69) is 33.2 Å². The number of anilines is 2. The third-order valence-corrected chi connectivity index (χ3v) is 3.90. The van der Waals surface area contributed by atoms with Crippen LogP contribution in [0.5, 0.6) is 5.88 Å². The van der Waals surface area contributed by atoms with E-state index >= 15 is 0 Å². The second-order valence-electron chi connectivity index (χ2n) is 5.33. The molecule has 3 rings (SSSR count). The molecule has 0 unspecified atom stereocenters. The molecule has 1 aromatic carbocycles. The standard InChI is InChI=1S/C18H16ClN5O/c1-2-8-21-18-23-16-14(9-13(10-20)15(19)22-16)17(24-18)25-11-12-6-4-3-5-7-12/h2-7H,1,8-9,11H2,(H2,21,22,23,24). The number of benzene rings is 1. The molecule has 1 aliphatic heterocycles. The first-order chi connectivity index (χ1) is 12.2. The van der Waals surface area contributed by atoms with Crippen LogP contribution in [0.1, 0.15) is 11.1 Å². The molecule has 1 aliphatic rings. The number of halogens is 1. The summed E-state index contributed by atoms with van der Waals surface area (Å²) in [7, 11) is 0. The summed E-state index contributed by atoms with van der Waals surface area (Å²) < 4.78 is 5.91. The predicted molar refractivity (Wildman–Crippen MR) is 97.3 cm³/mol. The van der Waals surface area contributed by atoms with Crippen molar-refractivity contribution in [2.24, 2.45) is 0 Å². The minimum absolute atomic E-state index is 0.275. The largest absolute Gasteiger partial charge is 0.472 e. The van der Waals surface area contributed by atoms with E-state index in [4.69, 9.17) is 16.3 Å². The monoisotopic (exact) mass is 353 g/mol. The summed E-state index contributed by atoms with van der Waals surface area (Å²) >= 11 is 6.10. The Hall–Kier alpha value is -3.04. The van der Waals surface area contributed by atoms with Crippen molar-refractivity contribution in [3.63, 3.8) is 0 Å². The molecule has 2 aromatic rings. The van der Waals surface area contributed by atoms with Crippen molar-refractivity contribution < 1.29 is 4.74 Å². The van der Waals surface area contributed by atoms with Crippen LogP contribution in [-0.2, 0) is 13.0 Å². The molecule has 2 heterocycles. The maximum atomic E-state index is 9.22. The van der Waals surface area contributed by atoms with Crippen LogP contribution in [0.25, 0.3) is 0 Å². The smallest absolute Gasteiger partial charge is 0.228 e. The first kappa shape index (κ1) is 16.8. The van der Waals surface area contributed by atoms with Gasteiger partial charge in [-0.15, -0.1) is 6.58 Å². The van der Waals surface area contributed by atoms with Crippen LogP contribution < -0.4 is 15.4 Å². The zero-order valence-electron chi connectivity index (χ0n) is 13.4. The molecular weight excluding hydrogens is 338 g/mol. The van der Waals surface area contributed by atoms with Crippen LogP contribution in [0, 0.1) is 11.3 Å². The summed E-state index contributed by atoms with van der Waals surface area (Å²) in [4.78, 5) is 8.82. The molecule has 126 valence electrons. The molecule has 0 saturated heterocycles. The lowest BCUT2D eigenvalue weighted by Gasteiger charge is -2.20. The van der Waals surface area contributed by atoms with Gasteiger partial charge in [0.15, 0.2) is 0 Å². The number of nitrogens with zero attached hydrogens (tertiary/aromatic N) is 3. The van der Waals surface area contributed by atoms with E-state index in [1.54, 1.807) is 6.08 Å². The minimum Gasteiger partial charge on any atom is -0.472 e. The van der Waals surface area contributed by atoms with Crippen LogP contribution in [0.3, 0.4) is 0 Å². The lowest BCUT2D eigenvalue weighted by Crippen LogP contribution is -2.16. The van der Waals surface area contributed by atoms with Gasteiger partial charge >= 0.3 is 0 Å². The fraction of sp³-hybridized carbons (Fsp3) is 0.167. The average molecular weight is 354 g/mol. The number of ether oxygens (including phenoxy) is 1. The van der Waals surface area contributed by atoms with Gasteiger partial charge in [-0.1, -0.05) is 48.0 Å². The van der Waals surface area contributed by atoms with Gasteiger partial charge in [-0.05, 0) is 5.56 Å². The number of aromatic nitrogens is 2. The van der Waals surface area contributed by atoms with E-state index in [-0.39, 0.29) is 5.16 Å². The summed E-state index contributed by atoms with van der Waals surface area (Å²) in [6.45, 7) is 4.55. The average Bonchev–Trinajstić information content (AvgIpc) is 2.64. The molecular formula is C18H16ClN5O. The minimum atomic E-state index is 0.275. The molecule has 0 saturated carbocycles. The summed E-state index contributed by atoms with van der Waals surface area (Å²) in [5, 5.41) is 15.5. The van der Waals surface area contributed by atoms with Crippen molar-refractivity contribution >= 4 is 23.4 Å². The first-order valence-corrected chi connectivity index (χ1v) is 8.07. The van der Waals surface area contributed by atoms with Crippen LogP contribution in [0.15, 0.2) is 53.7 Å². The fourth-order valence-electron chi connectivity index (χ4n) is 2.34. The van der Waals surface area contributed by atoms with Gasteiger partial charge in [0.1, 0.15) is 17.6 Å². The Bertz CT molecular complexity index is 858. The number of hydrogen-bond acceptors (Lipinski definition) is 6. The number of allylic oxidation sites excluding steroid dienone is 1. The summed E-state index contributed by atoms with van der Waals surface area (Å²) in [5.41, 5.74) is 2.16. The van der Waals surface area contributed by atoms with Gasteiger partial charge in [0.2, 0.25) is 11.8 Å². The highest BCUT2D eigenvalue weighted by Gasteiger charge is 2.24. The highest BCUT2D eigenvalue weighted by molar-refractivity contribution is 6.31. The Morgan fingerprint density at radius 1 is 1.36 bits per heavy atom. The zero-order valence-corrected chi connectivity index (χ0v) is 14.2. The predicted octanol–water partition coefficient (Wildman–Crippen LogP) is 3.60. The van der Waals surface area contributed by atoms with Crippen LogP contribution >= 0.6 is 11.6 Å². The first-order valence-electron chi connectivity index (χ1n) is 7.69. The second-order valence-corrected chi connectivity index (χ2v) is 5.71. The van der Waals surface area contributed by atoms with Crippen molar-refractivity contribution in [1.82, 2.24) is 9.97 Å². The van der Waals surface area contributed by atoms with E-state index < -0.39 is 0 Å². The number of nitrogens with one attached hydrogen (secondary N) is 2. The van der Waals surface area contributed by atoms with Crippen molar-refractivity contribution in [3.05, 3.63) is 64.8 Å². The molecule has 1 aromatic heterocycles. The Balaban J connectivity index is 1.91. The fourth-order valence-corrected chi connectivity index (χ4v) is 2.53. The van der Waals surface area contributed by atoms with Gasteiger partial charge in [0.25, 0.3) is 0 Å². The summed E-state index contributed by atoms with van der Waals surface area (Å²) in [5.74, 6) is 1.36. The summed E-state index contributed by atoms with van der Waals surface area (Å²) in [6.07, 6.45) is 2.03. The van der Waals surface area contributed by atoms with Gasteiger partial charge in [-0.2, -0.15) is 15.2 Å². The SMILES string of the molecule is C=CCNc1nc2c(c(OCc3ccccc3)n1)CC(C#N)=C(Cl)N2. The van der Waals surface area contributed by atoms with Gasteiger partial charge in [-0.3, -0.25) is 0 Å².